The van der Waals surface area contributed by atoms with E-state index in [9.17, 15) is 4.79 Å². The number of nitrogens with one attached hydrogen (secondary N) is 1. The van der Waals surface area contributed by atoms with Gasteiger partial charge in [-0.25, -0.2) is 4.79 Å². The third-order valence-corrected chi connectivity index (χ3v) is 4.61. The fraction of sp³-hybridized carbons (Fsp3) is 0.214. The van der Waals surface area contributed by atoms with Crippen LogP contribution in [0.2, 0.25) is 0 Å². The van der Waals surface area contributed by atoms with Crippen molar-refractivity contribution in [3.8, 4) is 0 Å². The molecule has 0 spiro atoms. The van der Waals surface area contributed by atoms with Gasteiger partial charge in [0, 0.05) is 22.4 Å². The van der Waals surface area contributed by atoms with Crippen molar-refractivity contribution in [2.75, 3.05) is 7.11 Å². The summed E-state index contributed by atoms with van der Waals surface area (Å²) >= 11 is 5.23. The summed E-state index contributed by atoms with van der Waals surface area (Å²) in [5.41, 5.74) is 1.72. The highest BCUT2D eigenvalue weighted by molar-refractivity contribution is 9.10. The van der Waals surface area contributed by atoms with Crippen LogP contribution in [-0.4, -0.2) is 13.1 Å². The number of carbonyl (C=O) groups excluding carboxylic acids is 1. The van der Waals surface area contributed by atoms with E-state index in [1.54, 1.807) is 23.5 Å². The zero-order valence-corrected chi connectivity index (χ0v) is 12.9. The minimum Gasteiger partial charge on any atom is -0.465 e. The Morgan fingerprint density at radius 3 is 2.58 bits per heavy atom. The summed E-state index contributed by atoms with van der Waals surface area (Å²) in [4.78, 5) is 12.6. The zero-order valence-electron chi connectivity index (χ0n) is 10.5. The Morgan fingerprint density at radius 2 is 2.00 bits per heavy atom. The standard InChI is InChI=1S/C14H14BrNO2S/c1-18-14(17)11-4-2-10(3-5-11)8-16-9-13-12(15)6-7-19-13/h2-7,16H,8-9H2,1H3. The number of hydrogen-bond donors (Lipinski definition) is 1. The second-order valence-corrected chi connectivity index (χ2v) is 5.84. The van der Waals surface area contributed by atoms with Crippen molar-refractivity contribution in [1.29, 1.82) is 0 Å². The van der Waals surface area contributed by atoms with Gasteiger partial charge in [0.05, 0.1) is 12.7 Å². The van der Waals surface area contributed by atoms with Crippen LogP contribution in [0.25, 0.3) is 0 Å². The summed E-state index contributed by atoms with van der Waals surface area (Å²) in [6.45, 7) is 1.60. The topological polar surface area (TPSA) is 38.3 Å². The molecule has 0 radical (unpaired) electrons. The molecule has 0 aliphatic rings. The summed E-state index contributed by atoms with van der Waals surface area (Å²) in [5, 5.41) is 5.43. The van der Waals surface area contributed by atoms with E-state index in [1.807, 2.05) is 18.2 Å². The molecule has 1 aromatic carbocycles. The zero-order chi connectivity index (χ0) is 13.7. The summed E-state index contributed by atoms with van der Waals surface area (Å²) in [6, 6.07) is 9.48. The van der Waals surface area contributed by atoms with Gasteiger partial charge in [0.15, 0.2) is 0 Å². The van der Waals surface area contributed by atoms with E-state index < -0.39 is 0 Å². The molecule has 0 aliphatic carbocycles. The van der Waals surface area contributed by atoms with Crippen LogP contribution in [0.15, 0.2) is 40.2 Å². The Balaban J connectivity index is 1.86. The van der Waals surface area contributed by atoms with Gasteiger partial charge in [0.25, 0.3) is 0 Å². The van der Waals surface area contributed by atoms with Gasteiger partial charge in [0.1, 0.15) is 0 Å². The van der Waals surface area contributed by atoms with E-state index in [-0.39, 0.29) is 5.97 Å². The molecular formula is C14H14BrNO2S. The number of benzene rings is 1. The number of thiophene rings is 1. The molecule has 100 valence electrons. The second kappa shape index (κ2) is 6.84. The predicted molar refractivity (Wildman–Crippen MR) is 80.3 cm³/mol. The number of ether oxygens (including phenoxy) is 1. The van der Waals surface area contributed by atoms with Gasteiger partial charge in [-0.1, -0.05) is 12.1 Å². The van der Waals surface area contributed by atoms with Gasteiger partial charge in [-0.3, -0.25) is 0 Å². The van der Waals surface area contributed by atoms with E-state index in [2.05, 4.69) is 31.4 Å². The largest absolute Gasteiger partial charge is 0.465 e. The van der Waals surface area contributed by atoms with Gasteiger partial charge in [-0.15, -0.1) is 11.3 Å². The maximum Gasteiger partial charge on any atom is 0.337 e. The fourth-order valence-electron chi connectivity index (χ4n) is 1.65. The monoisotopic (exact) mass is 339 g/mol. The van der Waals surface area contributed by atoms with E-state index in [0.29, 0.717) is 5.56 Å². The number of hydrogen-bond acceptors (Lipinski definition) is 4. The Kier molecular flexibility index (Phi) is 5.13. The molecule has 19 heavy (non-hydrogen) atoms. The molecule has 0 atom stereocenters. The van der Waals surface area contributed by atoms with Crippen molar-refractivity contribution in [3.05, 3.63) is 56.2 Å². The lowest BCUT2D eigenvalue weighted by Crippen LogP contribution is -2.12. The van der Waals surface area contributed by atoms with Gasteiger partial charge >= 0.3 is 5.97 Å². The molecule has 2 rings (SSSR count). The van der Waals surface area contributed by atoms with E-state index in [0.717, 1.165) is 23.1 Å². The lowest BCUT2D eigenvalue weighted by Gasteiger charge is -2.05. The molecule has 1 N–H and O–H groups in total. The smallest absolute Gasteiger partial charge is 0.337 e. The maximum absolute atomic E-state index is 11.3. The first kappa shape index (κ1) is 14.2. The van der Waals surface area contributed by atoms with Crippen molar-refractivity contribution in [1.82, 2.24) is 5.32 Å². The van der Waals surface area contributed by atoms with Crippen LogP contribution in [0.5, 0.6) is 0 Å². The molecule has 1 heterocycles. The Bertz CT molecular complexity index is 551. The summed E-state index contributed by atoms with van der Waals surface area (Å²) in [6.07, 6.45) is 0. The molecule has 0 aliphatic heterocycles. The first-order chi connectivity index (χ1) is 9.20. The SMILES string of the molecule is COC(=O)c1ccc(CNCc2sccc2Br)cc1. The highest BCUT2D eigenvalue weighted by Crippen LogP contribution is 2.22. The summed E-state index contributed by atoms with van der Waals surface area (Å²) in [7, 11) is 1.39. The number of halogens is 1. The lowest BCUT2D eigenvalue weighted by molar-refractivity contribution is 0.0600. The number of methoxy groups -OCH3 is 1. The molecule has 0 saturated carbocycles. The van der Waals surface area contributed by atoms with Crippen molar-refractivity contribution >= 4 is 33.2 Å². The predicted octanol–water partition coefficient (Wildman–Crippen LogP) is 3.59. The number of rotatable bonds is 5. The highest BCUT2D eigenvalue weighted by Gasteiger charge is 2.04. The number of esters is 1. The molecule has 1 aromatic heterocycles. The highest BCUT2D eigenvalue weighted by atomic mass is 79.9. The van der Waals surface area contributed by atoms with Crippen molar-refractivity contribution in [3.63, 3.8) is 0 Å². The van der Waals surface area contributed by atoms with Crippen LogP contribution in [0.1, 0.15) is 20.8 Å². The van der Waals surface area contributed by atoms with Crippen LogP contribution in [0.4, 0.5) is 0 Å². The van der Waals surface area contributed by atoms with E-state index >= 15 is 0 Å². The third-order valence-electron chi connectivity index (χ3n) is 2.68. The Hall–Kier alpha value is -1.17. The molecule has 0 amide bonds. The van der Waals surface area contributed by atoms with Crippen LogP contribution >= 0.6 is 27.3 Å². The normalized spacial score (nSPS) is 10.4. The van der Waals surface area contributed by atoms with Crippen LogP contribution in [-0.2, 0) is 17.8 Å². The Labute approximate surface area is 124 Å². The van der Waals surface area contributed by atoms with Crippen LogP contribution < -0.4 is 5.32 Å². The van der Waals surface area contributed by atoms with E-state index in [1.165, 1.54) is 12.0 Å². The molecule has 0 bridgehead atoms. The Morgan fingerprint density at radius 1 is 1.26 bits per heavy atom. The molecule has 5 heteroatoms. The minimum atomic E-state index is -0.304. The first-order valence-electron chi connectivity index (χ1n) is 5.80. The average molecular weight is 340 g/mol. The van der Waals surface area contributed by atoms with Crippen LogP contribution in [0, 0.1) is 0 Å². The first-order valence-corrected chi connectivity index (χ1v) is 7.48. The molecule has 2 aromatic rings. The summed E-state index contributed by atoms with van der Waals surface area (Å²) in [5.74, 6) is -0.304. The van der Waals surface area contributed by atoms with Gasteiger partial charge in [-0.2, -0.15) is 0 Å². The molecule has 0 unspecified atom stereocenters. The number of carbonyl (C=O) groups is 1. The average Bonchev–Trinajstić information content (AvgIpc) is 2.84. The molecule has 3 nitrogen and oxygen atoms in total. The van der Waals surface area contributed by atoms with Gasteiger partial charge in [0.2, 0.25) is 0 Å². The maximum atomic E-state index is 11.3. The lowest BCUT2D eigenvalue weighted by atomic mass is 10.1. The van der Waals surface area contributed by atoms with Crippen LogP contribution in [0.3, 0.4) is 0 Å². The van der Waals surface area contributed by atoms with Crippen molar-refractivity contribution in [2.24, 2.45) is 0 Å². The molecule has 0 saturated heterocycles. The van der Waals surface area contributed by atoms with Crippen molar-refractivity contribution < 1.29 is 9.53 Å². The molecule has 0 fully saturated rings. The van der Waals surface area contributed by atoms with Gasteiger partial charge in [-0.05, 0) is 45.1 Å². The second-order valence-electron chi connectivity index (χ2n) is 3.98. The minimum absolute atomic E-state index is 0.304. The quantitative estimate of drug-likeness (QED) is 0.846. The van der Waals surface area contributed by atoms with Gasteiger partial charge < -0.3 is 10.1 Å². The summed E-state index contributed by atoms with van der Waals surface area (Å²) < 4.78 is 5.81. The fourth-order valence-corrected chi connectivity index (χ4v) is 3.11. The molecular weight excluding hydrogens is 326 g/mol. The van der Waals surface area contributed by atoms with E-state index in [4.69, 9.17) is 0 Å². The van der Waals surface area contributed by atoms with Crippen molar-refractivity contribution in [2.45, 2.75) is 13.1 Å². The third kappa shape index (κ3) is 3.89.